The van der Waals surface area contributed by atoms with E-state index in [-0.39, 0.29) is 17.6 Å². The maximum absolute atomic E-state index is 13.0. The number of aromatic hydroxyl groups is 1. The molecule has 2 aliphatic carbocycles. The van der Waals surface area contributed by atoms with Crippen LogP contribution in [0, 0.1) is 5.92 Å². The Kier molecular flexibility index (Phi) is 4.30. The average Bonchev–Trinajstić information content (AvgIpc) is 2.73. The van der Waals surface area contributed by atoms with Gasteiger partial charge >= 0.3 is 6.09 Å². The van der Waals surface area contributed by atoms with Crippen molar-refractivity contribution in [1.29, 1.82) is 0 Å². The van der Waals surface area contributed by atoms with Crippen molar-refractivity contribution in [3.8, 4) is 5.75 Å². The number of hydrogen-bond acceptors (Lipinski definition) is 3. The number of hydrogen-bond donors (Lipinski definition) is 1. The van der Waals surface area contributed by atoms with Gasteiger partial charge in [-0.25, -0.2) is 4.79 Å². The molecule has 0 radical (unpaired) electrons. The number of nitrogens with zero attached hydrogens (tertiary/aromatic N) is 1. The van der Waals surface area contributed by atoms with Crippen LogP contribution in [0.5, 0.6) is 5.75 Å². The number of carbonyl (C=O) groups excluding carboxylic acids is 1. The molecule has 3 aliphatic rings. The van der Waals surface area contributed by atoms with Gasteiger partial charge in [-0.15, -0.1) is 0 Å². The minimum absolute atomic E-state index is 0.117. The van der Waals surface area contributed by atoms with Crippen LogP contribution in [0.2, 0.25) is 0 Å². The summed E-state index contributed by atoms with van der Waals surface area (Å²) >= 11 is 0. The zero-order valence-electron chi connectivity index (χ0n) is 16.1. The third kappa shape index (κ3) is 2.78. The first-order valence-corrected chi connectivity index (χ1v) is 10.5. The molecule has 146 valence electrons. The van der Waals surface area contributed by atoms with E-state index < -0.39 is 0 Å². The number of likely N-dealkylation sites (tertiary alicyclic amines) is 1. The molecule has 1 aliphatic heterocycles. The molecule has 2 aromatic rings. The number of piperidine rings is 1. The minimum Gasteiger partial charge on any atom is -0.508 e. The molecule has 1 amide bonds. The van der Waals surface area contributed by atoms with Crippen LogP contribution >= 0.6 is 0 Å². The molecule has 5 rings (SSSR count). The SMILES string of the molecule is O=C(OCc1ccccc1)N1CCC23CCCCC2C1Cc1ccc(O)cc13. The number of benzene rings is 2. The molecule has 0 aromatic heterocycles. The molecular formula is C24H27NO3. The van der Waals surface area contributed by atoms with Crippen molar-refractivity contribution in [3.05, 3.63) is 65.2 Å². The number of phenolic OH excluding ortho intramolecular Hbond substituents is 1. The molecule has 3 unspecified atom stereocenters. The number of rotatable bonds is 2. The fourth-order valence-corrected chi connectivity index (χ4v) is 6.02. The van der Waals surface area contributed by atoms with Gasteiger partial charge in [0.25, 0.3) is 0 Å². The zero-order chi connectivity index (χ0) is 19.1. The highest BCUT2D eigenvalue weighted by molar-refractivity contribution is 5.69. The second kappa shape index (κ2) is 6.84. The van der Waals surface area contributed by atoms with Crippen molar-refractivity contribution in [2.24, 2.45) is 5.92 Å². The molecule has 1 heterocycles. The Labute approximate surface area is 166 Å². The van der Waals surface area contributed by atoms with Gasteiger partial charge in [0, 0.05) is 18.0 Å². The molecule has 2 aromatic carbocycles. The Morgan fingerprint density at radius 3 is 2.86 bits per heavy atom. The molecule has 2 bridgehead atoms. The maximum atomic E-state index is 13.0. The van der Waals surface area contributed by atoms with E-state index in [0.717, 1.165) is 37.8 Å². The Hall–Kier alpha value is -2.49. The molecular weight excluding hydrogens is 350 g/mol. The molecule has 0 spiro atoms. The summed E-state index contributed by atoms with van der Waals surface area (Å²) in [6.07, 6.45) is 6.42. The highest BCUT2D eigenvalue weighted by Crippen LogP contribution is 2.56. The predicted molar refractivity (Wildman–Crippen MR) is 107 cm³/mol. The van der Waals surface area contributed by atoms with Gasteiger partial charge in [-0.1, -0.05) is 49.2 Å². The standard InChI is InChI=1S/C24H27NO3/c26-19-10-9-18-14-22-20-8-4-5-11-24(20,21(18)15-19)12-13-25(22)23(27)28-16-17-6-2-1-3-7-17/h1-3,6-7,9-10,15,20,22,26H,4-5,8,11-14,16H2. The van der Waals surface area contributed by atoms with E-state index in [1.54, 1.807) is 6.07 Å². The third-order valence-corrected chi connectivity index (χ3v) is 7.26. The largest absolute Gasteiger partial charge is 0.508 e. The van der Waals surface area contributed by atoms with Crippen LogP contribution in [0.3, 0.4) is 0 Å². The summed E-state index contributed by atoms with van der Waals surface area (Å²) in [6.45, 7) is 1.06. The smallest absolute Gasteiger partial charge is 0.410 e. The van der Waals surface area contributed by atoms with Crippen molar-refractivity contribution in [2.45, 2.75) is 56.6 Å². The summed E-state index contributed by atoms with van der Waals surface area (Å²) < 4.78 is 5.69. The van der Waals surface area contributed by atoms with Crippen LogP contribution in [0.1, 0.15) is 48.8 Å². The van der Waals surface area contributed by atoms with Crippen LogP contribution in [-0.2, 0) is 23.2 Å². The Balaban J connectivity index is 1.42. The third-order valence-electron chi connectivity index (χ3n) is 7.26. The summed E-state index contributed by atoms with van der Waals surface area (Å²) in [4.78, 5) is 15.0. The zero-order valence-corrected chi connectivity index (χ0v) is 16.1. The van der Waals surface area contributed by atoms with Gasteiger partial charge in [-0.05, 0) is 60.4 Å². The average molecular weight is 377 g/mol. The van der Waals surface area contributed by atoms with Gasteiger partial charge in [0.05, 0.1) is 0 Å². The van der Waals surface area contributed by atoms with E-state index in [9.17, 15) is 9.90 Å². The lowest BCUT2D eigenvalue weighted by molar-refractivity contribution is -0.0137. The summed E-state index contributed by atoms with van der Waals surface area (Å²) in [7, 11) is 0. The Bertz CT molecular complexity index is 881. The first kappa shape index (κ1) is 17.6. The van der Waals surface area contributed by atoms with Crippen molar-refractivity contribution < 1.29 is 14.6 Å². The highest BCUT2D eigenvalue weighted by Gasteiger charge is 2.55. The van der Waals surface area contributed by atoms with Gasteiger partial charge in [0.1, 0.15) is 12.4 Å². The number of phenols is 1. The van der Waals surface area contributed by atoms with E-state index in [0.29, 0.717) is 18.3 Å². The van der Waals surface area contributed by atoms with E-state index in [4.69, 9.17) is 4.74 Å². The summed E-state index contributed by atoms with van der Waals surface area (Å²) in [6, 6.07) is 15.9. The first-order valence-electron chi connectivity index (χ1n) is 10.5. The second-order valence-corrected chi connectivity index (χ2v) is 8.60. The molecule has 2 fully saturated rings. The molecule has 4 nitrogen and oxygen atoms in total. The van der Waals surface area contributed by atoms with Crippen LogP contribution in [0.4, 0.5) is 4.79 Å². The van der Waals surface area contributed by atoms with Crippen molar-refractivity contribution in [1.82, 2.24) is 4.90 Å². The fourth-order valence-electron chi connectivity index (χ4n) is 6.02. The molecule has 28 heavy (non-hydrogen) atoms. The van der Waals surface area contributed by atoms with E-state index >= 15 is 0 Å². The van der Waals surface area contributed by atoms with Crippen LogP contribution in [-0.4, -0.2) is 28.7 Å². The molecule has 4 heteroatoms. The van der Waals surface area contributed by atoms with Crippen molar-refractivity contribution in [2.75, 3.05) is 6.54 Å². The van der Waals surface area contributed by atoms with Gasteiger partial charge < -0.3 is 14.7 Å². The second-order valence-electron chi connectivity index (χ2n) is 8.60. The van der Waals surface area contributed by atoms with Gasteiger partial charge in [-0.2, -0.15) is 0 Å². The van der Waals surface area contributed by atoms with E-state index in [1.165, 1.54) is 24.0 Å². The molecule has 1 N–H and O–H groups in total. The fraction of sp³-hybridized carbons (Fsp3) is 0.458. The number of carbonyl (C=O) groups is 1. The summed E-state index contributed by atoms with van der Waals surface area (Å²) in [5.74, 6) is 0.828. The number of ether oxygens (including phenoxy) is 1. The first-order chi connectivity index (χ1) is 13.7. The molecule has 3 atom stereocenters. The number of amides is 1. The lowest BCUT2D eigenvalue weighted by Gasteiger charge is -2.58. The van der Waals surface area contributed by atoms with Gasteiger partial charge in [-0.3, -0.25) is 0 Å². The summed E-state index contributed by atoms with van der Waals surface area (Å²) in [5, 5.41) is 10.1. The van der Waals surface area contributed by atoms with Crippen LogP contribution in [0.25, 0.3) is 0 Å². The quantitative estimate of drug-likeness (QED) is 0.819. The maximum Gasteiger partial charge on any atom is 0.410 e. The predicted octanol–water partition coefficient (Wildman–Crippen LogP) is 4.79. The molecule has 1 saturated carbocycles. The van der Waals surface area contributed by atoms with Gasteiger partial charge in [0.15, 0.2) is 0 Å². The Morgan fingerprint density at radius 2 is 2.00 bits per heavy atom. The van der Waals surface area contributed by atoms with E-state index in [1.807, 2.05) is 41.3 Å². The highest BCUT2D eigenvalue weighted by atomic mass is 16.6. The Morgan fingerprint density at radius 1 is 1.14 bits per heavy atom. The summed E-state index contributed by atoms with van der Waals surface area (Å²) in [5.41, 5.74) is 3.77. The monoisotopic (exact) mass is 377 g/mol. The van der Waals surface area contributed by atoms with Crippen molar-refractivity contribution >= 4 is 6.09 Å². The minimum atomic E-state index is -0.185. The van der Waals surface area contributed by atoms with Crippen molar-refractivity contribution in [3.63, 3.8) is 0 Å². The van der Waals surface area contributed by atoms with Crippen LogP contribution in [0.15, 0.2) is 48.5 Å². The number of fused-ring (bicyclic) bond motifs is 1. The van der Waals surface area contributed by atoms with Gasteiger partial charge in [0.2, 0.25) is 0 Å². The van der Waals surface area contributed by atoms with E-state index in [2.05, 4.69) is 6.07 Å². The topological polar surface area (TPSA) is 49.8 Å². The lowest BCUT2D eigenvalue weighted by Crippen LogP contribution is -2.62. The lowest BCUT2D eigenvalue weighted by atomic mass is 9.52. The normalized spacial score (nSPS) is 28.2. The van der Waals surface area contributed by atoms with Crippen LogP contribution < -0.4 is 0 Å². The molecule has 1 saturated heterocycles.